The van der Waals surface area contributed by atoms with Crippen molar-refractivity contribution in [2.75, 3.05) is 0 Å². The highest BCUT2D eigenvalue weighted by Gasteiger charge is 2.26. The number of Topliss-reactive ketones (excluding diaryl/α,β-unsaturated/α-hetero) is 1. The minimum Gasteiger partial charge on any atom is -0.293 e. The molecule has 2 atom stereocenters. The van der Waals surface area contributed by atoms with Gasteiger partial charge in [-0.05, 0) is 29.8 Å². The molecular formula is C15H10Br4O. The fraction of sp³-hybridized carbons (Fsp3) is 0.133. The Morgan fingerprint density at radius 2 is 1.50 bits per heavy atom. The molecule has 2 aromatic rings. The van der Waals surface area contributed by atoms with Crippen LogP contribution in [0.4, 0.5) is 0 Å². The van der Waals surface area contributed by atoms with E-state index in [9.17, 15) is 4.79 Å². The number of ketones is 1. The van der Waals surface area contributed by atoms with Gasteiger partial charge in [-0.3, -0.25) is 4.79 Å². The number of rotatable bonds is 4. The molecule has 5 heteroatoms. The highest BCUT2D eigenvalue weighted by atomic mass is 79.9. The minimum absolute atomic E-state index is 0.0492. The van der Waals surface area contributed by atoms with E-state index in [2.05, 4.69) is 63.7 Å². The maximum atomic E-state index is 12.5. The summed E-state index contributed by atoms with van der Waals surface area (Å²) in [5.41, 5.74) is 1.73. The van der Waals surface area contributed by atoms with E-state index >= 15 is 0 Å². The van der Waals surface area contributed by atoms with Gasteiger partial charge in [0.25, 0.3) is 0 Å². The third kappa shape index (κ3) is 4.03. The van der Waals surface area contributed by atoms with E-state index < -0.39 is 0 Å². The molecule has 0 saturated carbocycles. The van der Waals surface area contributed by atoms with Crippen LogP contribution in [0.1, 0.15) is 20.7 Å². The Bertz CT molecular complexity index is 627. The average molecular weight is 526 g/mol. The highest BCUT2D eigenvalue weighted by molar-refractivity contribution is 9.12. The van der Waals surface area contributed by atoms with Crippen molar-refractivity contribution in [2.24, 2.45) is 0 Å². The molecule has 0 heterocycles. The van der Waals surface area contributed by atoms with Gasteiger partial charge in [0.15, 0.2) is 5.78 Å². The van der Waals surface area contributed by atoms with Crippen LogP contribution in [0.3, 0.4) is 0 Å². The summed E-state index contributed by atoms with van der Waals surface area (Å²) in [4.78, 5) is 12.1. The molecule has 0 radical (unpaired) electrons. The monoisotopic (exact) mass is 522 g/mol. The predicted octanol–water partition coefficient (Wildman–Crippen LogP) is 6.29. The first kappa shape index (κ1) is 16.4. The van der Waals surface area contributed by atoms with E-state index in [1.165, 1.54) is 0 Å². The Morgan fingerprint density at radius 1 is 0.900 bits per heavy atom. The van der Waals surface area contributed by atoms with E-state index in [1.54, 1.807) is 0 Å². The molecular weight excluding hydrogens is 516 g/mol. The van der Waals surface area contributed by atoms with Gasteiger partial charge in [-0.15, -0.1) is 0 Å². The molecule has 1 nitrogen and oxygen atoms in total. The number of hydrogen-bond donors (Lipinski definition) is 0. The second kappa shape index (κ2) is 7.34. The molecule has 20 heavy (non-hydrogen) atoms. The summed E-state index contributed by atoms with van der Waals surface area (Å²) in [5, 5.41) is 0. The van der Waals surface area contributed by atoms with Crippen molar-refractivity contribution in [3.05, 3.63) is 68.6 Å². The predicted molar refractivity (Wildman–Crippen MR) is 97.0 cm³/mol. The van der Waals surface area contributed by atoms with Crippen molar-refractivity contribution in [3.8, 4) is 0 Å². The van der Waals surface area contributed by atoms with Crippen LogP contribution < -0.4 is 0 Å². The minimum atomic E-state index is -0.328. The second-order valence-electron chi connectivity index (χ2n) is 4.23. The van der Waals surface area contributed by atoms with E-state index in [-0.39, 0.29) is 15.4 Å². The van der Waals surface area contributed by atoms with Gasteiger partial charge in [-0.2, -0.15) is 0 Å². The van der Waals surface area contributed by atoms with E-state index in [4.69, 9.17) is 0 Å². The lowest BCUT2D eigenvalue weighted by atomic mass is 10.0. The molecule has 0 N–H and O–H groups in total. The van der Waals surface area contributed by atoms with Gasteiger partial charge in [-0.1, -0.05) is 88.0 Å². The molecule has 0 aromatic heterocycles. The molecule has 2 rings (SSSR count). The van der Waals surface area contributed by atoms with Crippen LogP contribution in [0, 0.1) is 0 Å². The Hall–Kier alpha value is 0.0300. The van der Waals surface area contributed by atoms with E-state index in [1.807, 2.05) is 48.5 Å². The largest absolute Gasteiger partial charge is 0.293 e. The maximum absolute atomic E-state index is 12.5. The summed E-state index contributed by atoms with van der Waals surface area (Å²) >= 11 is 13.9. The van der Waals surface area contributed by atoms with Gasteiger partial charge in [0.2, 0.25) is 0 Å². The van der Waals surface area contributed by atoms with Gasteiger partial charge >= 0.3 is 0 Å². The van der Waals surface area contributed by atoms with Crippen molar-refractivity contribution >= 4 is 69.5 Å². The molecule has 0 fully saturated rings. The summed E-state index contributed by atoms with van der Waals surface area (Å²) in [6.45, 7) is 0. The Balaban J connectivity index is 2.22. The molecule has 0 bridgehead atoms. The number of alkyl halides is 2. The summed E-state index contributed by atoms with van der Waals surface area (Å²) in [6.07, 6.45) is 0. The maximum Gasteiger partial charge on any atom is 0.177 e. The van der Waals surface area contributed by atoms with Gasteiger partial charge < -0.3 is 0 Å². The quantitative estimate of drug-likeness (QED) is 0.338. The molecule has 0 aliphatic carbocycles. The van der Waals surface area contributed by atoms with Gasteiger partial charge in [0.05, 0.1) is 9.65 Å². The van der Waals surface area contributed by atoms with Crippen LogP contribution in [0.5, 0.6) is 0 Å². The van der Waals surface area contributed by atoms with Crippen molar-refractivity contribution < 1.29 is 4.79 Å². The highest BCUT2D eigenvalue weighted by Crippen LogP contribution is 2.34. The number of carbonyl (C=O) groups is 1. The summed E-state index contributed by atoms with van der Waals surface area (Å²) in [7, 11) is 0. The topological polar surface area (TPSA) is 17.1 Å². The summed E-state index contributed by atoms with van der Waals surface area (Å²) in [6, 6.07) is 15.3. The third-order valence-electron chi connectivity index (χ3n) is 2.78. The smallest absolute Gasteiger partial charge is 0.177 e. The first-order valence-electron chi connectivity index (χ1n) is 5.82. The van der Waals surface area contributed by atoms with Gasteiger partial charge in [0, 0.05) is 14.5 Å². The summed E-state index contributed by atoms with van der Waals surface area (Å²) in [5.74, 6) is 0.0492. The molecule has 104 valence electrons. The van der Waals surface area contributed by atoms with Crippen LogP contribution in [-0.2, 0) is 0 Å². The molecule has 0 spiro atoms. The fourth-order valence-corrected chi connectivity index (χ4v) is 3.69. The van der Waals surface area contributed by atoms with Crippen molar-refractivity contribution in [1.82, 2.24) is 0 Å². The molecule has 0 amide bonds. The third-order valence-corrected chi connectivity index (χ3v) is 6.48. The van der Waals surface area contributed by atoms with Crippen LogP contribution >= 0.6 is 63.7 Å². The van der Waals surface area contributed by atoms with Gasteiger partial charge in [-0.25, -0.2) is 0 Å². The van der Waals surface area contributed by atoms with Gasteiger partial charge in [0.1, 0.15) is 0 Å². The molecule has 0 unspecified atom stereocenters. The second-order valence-corrected chi connectivity index (χ2v) is 8.04. The zero-order chi connectivity index (χ0) is 14.7. The average Bonchev–Trinajstić information content (AvgIpc) is 2.45. The number of halogens is 4. The molecule has 0 saturated heterocycles. The Kier molecular flexibility index (Phi) is 6.02. The molecule has 0 aliphatic heterocycles. The van der Waals surface area contributed by atoms with Crippen LogP contribution in [0.2, 0.25) is 0 Å². The fourth-order valence-electron chi connectivity index (χ4n) is 1.78. The van der Waals surface area contributed by atoms with Crippen LogP contribution in [-0.4, -0.2) is 10.6 Å². The summed E-state index contributed by atoms with van der Waals surface area (Å²) < 4.78 is 1.89. The number of carbonyl (C=O) groups excluding carboxylic acids is 1. The Morgan fingerprint density at radius 3 is 2.10 bits per heavy atom. The van der Waals surface area contributed by atoms with Crippen molar-refractivity contribution in [3.63, 3.8) is 0 Å². The number of hydrogen-bond acceptors (Lipinski definition) is 1. The lowest BCUT2D eigenvalue weighted by Gasteiger charge is -2.16. The zero-order valence-electron chi connectivity index (χ0n) is 10.2. The standard InChI is InChI=1S/C15H10Br4O/c16-11-5-1-3-9(7-11)13(18)14(19)15(20)10-4-2-6-12(17)8-10/h1-8,13-14H/t13-,14-/m1/s1. The van der Waals surface area contributed by atoms with E-state index in [0.29, 0.717) is 5.56 Å². The molecule has 0 aliphatic rings. The molecule has 2 aromatic carbocycles. The SMILES string of the molecule is O=C(c1cccc(Br)c1)[C@H](Br)[C@H](Br)c1cccc(Br)c1. The van der Waals surface area contributed by atoms with Crippen LogP contribution in [0.15, 0.2) is 57.5 Å². The number of benzene rings is 2. The van der Waals surface area contributed by atoms with E-state index in [0.717, 1.165) is 14.5 Å². The van der Waals surface area contributed by atoms with Crippen LogP contribution in [0.25, 0.3) is 0 Å². The van der Waals surface area contributed by atoms with Crippen molar-refractivity contribution in [1.29, 1.82) is 0 Å². The first-order valence-corrected chi connectivity index (χ1v) is 9.24. The zero-order valence-corrected chi connectivity index (χ0v) is 16.5. The van der Waals surface area contributed by atoms with Crippen molar-refractivity contribution in [2.45, 2.75) is 9.65 Å². The normalized spacial score (nSPS) is 13.8. The first-order chi connectivity index (χ1) is 9.49. The lowest BCUT2D eigenvalue weighted by Crippen LogP contribution is -2.19. The lowest BCUT2D eigenvalue weighted by molar-refractivity contribution is 0.0991. The Labute approximate surface area is 151 Å².